The number of pyridine rings is 1. The van der Waals surface area contributed by atoms with E-state index < -0.39 is 11.7 Å². The van der Waals surface area contributed by atoms with Crippen molar-refractivity contribution in [2.75, 3.05) is 12.4 Å². The number of aromatic nitrogens is 1. The van der Waals surface area contributed by atoms with E-state index in [1.54, 1.807) is 6.07 Å². The van der Waals surface area contributed by atoms with E-state index in [1.165, 1.54) is 37.6 Å². The van der Waals surface area contributed by atoms with Crippen LogP contribution < -0.4 is 10.1 Å². The normalized spacial score (nSPS) is 10.1. The molecule has 0 saturated carbocycles. The maximum atomic E-state index is 13.5. The summed E-state index contributed by atoms with van der Waals surface area (Å²) in [6.07, 6.45) is 1.42. The van der Waals surface area contributed by atoms with Gasteiger partial charge in [-0.2, -0.15) is 0 Å². The third-order valence-corrected chi connectivity index (χ3v) is 2.61. The van der Waals surface area contributed by atoms with E-state index in [1.807, 2.05) is 0 Å². The molecule has 19 heavy (non-hydrogen) atoms. The minimum atomic E-state index is -0.548. The van der Waals surface area contributed by atoms with E-state index in [2.05, 4.69) is 10.3 Å². The number of ether oxygens (including phenoxy) is 1. The Labute approximate surface area is 114 Å². The molecule has 0 saturated heterocycles. The van der Waals surface area contributed by atoms with Crippen molar-refractivity contribution in [3.63, 3.8) is 0 Å². The summed E-state index contributed by atoms with van der Waals surface area (Å²) in [5, 5.41) is 2.77. The summed E-state index contributed by atoms with van der Waals surface area (Å²) in [5.41, 5.74) is 0.674. The van der Waals surface area contributed by atoms with Crippen LogP contribution in [0.3, 0.4) is 0 Å². The molecule has 2 aromatic rings. The van der Waals surface area contributed by atoms with Gasteiger partial charge in [-0.25, -0.2) is 9.37 Å². The van der Waals surface area contributed by atoms with Gasteiger partial charge < -0.3 is 10.1 Å². The third kappa shape index (κ3) is 3.20. The molecule has 1 heterocycles. The van der Waals surface area contributed by atoms with Crippen molar-refractivity contribution in [2.24, 2.45) is 0 Å². The molecule has 0 atom stereocenters. The molecule has 1 aromatic carbocycles. The summed E-state index contributed by atoms with van der Waals surface area (Å²) < 4.78 is 18.3. The first-order valence-corrected chi connectivity index (χ1v) is 5.74. The molecule has 6 heteroatoms. The Kier molecular flexibility index (Phi) is 3.97. The maximum absolute atomic E-state index is 13.5. The van der Waals surface area contributed by atoms with E-state index in [9.17, 15) is 9.18 Å². The lowest BCUT2D eigenvalue weighted by atomic mass is 10.2. The predicted molar refractivity (Wildman–Crippen MR) is 70.2 cm³/mol. The van der Waals surface area contributed by atoms with Crippen LogP contribution in [0.5, 0.6) is 5.75 Å². The fraction of sp³-hybridized carbons (Fsp3) is 0.0769. The first kappa shape index (κ1) is 13.3. The number of rotatable bonds is 3. The molecule has 0 aliphatic rings. The zero-order valence-corrected chi connectivity index (χ0v) is 10.7. The second-order valence-electron chi connectivity index (χ2n) is 3.67. The lowest BCUT2D eigenvalue weighted by Gasteiger charge is -2.07. The second-order valence-corrected chi connectivity index (χ2v) is 4.06. The molecule has 4 nitrogen and oxygen atoms in total. The highest BCUT2D eigenvalue weighted by molar-refractivity contribution is 6.29. The van der Waals surface area contributed by atoms with Gasteiger partial charge in [0.1, 0.15) is 5.15 Å². The number of carbonyl (C=O) groups excluding carboxylic acids is 1. The molecule has 0 unspecified atom stereocenters. The van der Waals surface area contributed by atoms with Crippen molar-refractivity contribution in [3.8, 4) is 5.75 Å². The topological polar surface area (TPSA) is 51.2 Å². The van der Waals surface area contributed by atoms with Crippen molar-refractivity contribution in [2.45, 2.75) is 0 Å². The van der Waals surface area contributed by atoms with Crippen molar-refractivity contribution in [1.82, 2.24) is 4.98 Å². The molecule has 0 aliphatic carbocycles. The molecule has 0 radical (unpaired) electrons. The number of hydrogen-bond acceptors (Lipinski definition) is 3. The number of amides is 1. The molecule has 0 spiro atoms. The smallest absolute Gasteiger partial charge is 0.255 e. The van der Waals surface area contributed by atoms with E-state index in [-0.39, 0.29) is 10.9 Å². The Hall–Kier alpha value is -2.14. The molecule has 1 amide bonds. The van der Waals surface area contributed by atoms with Crippen LogP contribution in [-0.4, -0.2) is 18.0 Å². The van der Waals surface area contributed by atoms with Gasteiger partial charge in [-0.15, -0.1) is 0 Å². The Bertz CT molecular complexity index is 619. The number of hydrogen-bond donors (Lipinski definition) is 1. The van der Waals surface area contributed by atoms with Crippen LogP contribution in [0.1, 0.15) is 10.4 Å². The Morgan fingerprint density at radius 1 is 1.37 bits per heavy atom. The molecule has 0 fully saturated rings. The van der Waals surface area contributed by atoms with E-state index in [0.29, 0.717) is 11.3 Å². The van der Waals surface area contributed by atoms with Gasteiger partial charge in [0.05, 0.1) is 7.11 Å². The minimum absolute atomic E-state index is 0.116. The van der Waals surface area contributed by atoms with E-state index in [4.69, 9.17) is 16.3 Å². The SMILES string of the molecule is COc1ccc(NC(=O)c2ccnc(Cl)c2)cc1F. The third-order valence-electron chi connectivity index (χ3n) is 2.40. The first-order valence-electron chi connectivity index (χ1n) is 5.36. The van der Waals surface area contributed by atoms with Crippen molar-refractivity contribution >= 4 is 23.2 Å². The van der Waals surface area contributed by atoms with Crippen molar-refractivity contribution in [1.29, 1.82) is 0 Å². The quantitative estimate of drug-likeness (QED) is 0.879. The zero-order valence-electron chi connectivity index (χ0n) is 9.98. The monoisotopic (exact) mass is 280 g/mol. The fourth-order valence-corrected chi connectivity index (χ4v) is 1.66. The van der Waals surface area contributed by atoms with Gasteiger partial charge in [-0.3, -0.25) is 4.79 Å². The summed E-state index contributed by atoms with van der Waals surface area (Å²) in [5.74, 6) is -0.827. The Morgan fingerprint density at radius 2 is 2.16 bits per heavy atom. The van der Waals surface area contributed by atoms with Crippen LogP contribution in [0.25, 0.3) is 0 Å². The van der Waals surface area contributed by atoms with Gasteiger partial charge in [0.15, 0.2) is 11.6 Å². The predicted octanol–water partition coefficient (Wildman–Crippen LogP) is 3.14. The highest BCUT2D eigenvalue weighted by Gasteiger charge is 2.09. The summed E-state index contributed by atoms with van der Waals surface area (Å²) in [6, 6.07) is 7.10. The summed E-state index contributed by atoms with van der Waals surface area (Å²) in [6.45, 7) is 0. The average molecular weight is 281 g/mol. The zero-order chi connectivity index (χ0) is 13.8. The number of nitrogens with one attached hydrogen (secondary N) is 1. The molecular formula is C13H10ClFN2O2. The average Bonchev–Trinajstić information content (AvgIpc) is 2.39. The van der Waals surface area contributed by atoms with Gasteiger partial charge in [-0.05, 0) is 24.3 Å². The number of nitrogens with zero attached hydrogens (tertiary/aromatic N) is 1. The van der Waals surface area contributed by atoms with Gasteiger partial charge in [-0.1, -0.05) is 11.6 Å². The Balaban J connectivity index is 2.17. The minimum Gasteiger partial charge on any atom is -0.494 e. The number of benzene rings is 1. The van der Waals surface area contributed by atoms with Crippen LogP contribution in [0.15, 0.2) is 36.5 Å². The number of anilines is 1. The van der Waals surface area contributed by atoms with E-state index in [0.717, 1.165) is 0 Å². The lowest BCUT2D eigenvalue weighted by molar-refractivity contribution is 0.102. The van der Waals surface area contributed by atoms with Crippen molar-refractivity contribution < 1.29 is 13.9 Å². The van der Waals surface area contributed by atoms with Crippen molar-refractivity contribution in [3.05, 3.63) is 53.1 Å². The van der Waals surface area contributed by atoms with Crippen LogP contribution in [0.4, 0.5) is 10.1 Å². The standard InChI is InChI=1S/C13H10ClFN2O2/c1-19-11-3-2-9(7-10(11)15)17-13(18)8-4-5-16-12(14)6-8/h2-7H,1H3,(H,17,18). The molecule has 0 bridgehead atoms. The molecule has 98 valence electrons. The highest BCUT2D eigenvalue weighted by atomic mass is 35.5. The molecule has 1 aromatic heterocycles. The summed E-state index contributed by atoms with van der Waals surface area (Å²) in [4.78, 5) is 15.7. The van der Waals surface area contributed by atoms with Crippen LogP contribution in [0.2, 0.25) is 5.15 Å². The number of carbonyl (C=O) groups is 1. The van der Waals surface area contributed by atoms with Gasteiger partial charge in [0.25, 0.3) is 5.91 Å². The van der Waals surface area contributed by atoms with Crippen LogP contribution in [-0.2, 0) is 0 Å². The largest absolute Gasteiger partial charge is 0.494 e. The van der Waals surface area contributed by atoms with Crippen LogP contribution in [0, 0.1) is 5.82 Å². The Morgan fingerprint density at radius 3 is 2.79 bits per heavy atom. The number of methoxy groups -OCH3 is 1. The molecule has 2 rings (SSSR count). The summed E-state index contributed by atoms with van der Waals surface area (Å²) in [7, 11) is 1.37. The van der Waals surface area contributed by atoms with Crippen LogP contribution >= 0.6 is 11.6 Å². The second kappa shape index (κ2) is 5.67. The van der Waals surface area contributed by atoms with E-state index >= 15 is 0 Å². The molecule has 0 aliphatic heterocycles. The molecule has 1 N–H and O–H groups in total. The number of halogens is 2. The molecular weight excluding hydrogens is 271 g/mol. The lowest BCUT2D eigenvalue weighted by Crippen LogP contribution is -2.12. The summed E-state index contributed by atoms with van der Waals surface area (Å²) >= 11 is 5.69. The van der Waals surface area contributed by atoms with Gasteiger partial charge >= 0.3 is 0 Å². The van der Waals surface area contributed by atoms with Gasteiger partial charge in [0.2, 0.25) is 0 Å². The fourth-order valence-electron chi connectivity index (χ4n) is 1.49. The van der Waals surface area contributed by atoms with Gasteiger partial charge in [0, 0.05) is 23.5 Å². The maximum Gasteiger partial charge on any atom is 0.255 e. The first-order chi connectivity index (χ1) is 9.10. The highest BCUT2D eigenvalue weighted by Crippen LogP contribution is 2.21.